The van der Waals surface area contributed by atoms with E-state index < -0.39 is 0 Å². The minimum absolute atomic E-state index is 0.0221. The van der Waals surface area contributed by atoms with Crippen molar-refractivity contribution in [3.63, 3.8) is 0 Å². The minimum Gasteiger partial charge on any atom is -0.317 e. The van der Waals surface area contributed by atoms with E-state index in [1.807, 2.05) is 16.7 Å². The van der Waals surface area contributed by atoms with E-state index in [0.29, 0.717) is 6.04 Å². The van der Waals surface area contributed by atoms with E-state index in [2.05, 4.69) is 39.0 Å². The number of rotatable bonds is 1. The van der Waals surface area contributed by atoms with Crippen LogP contribution in [0.3, 0.4) is 0 Å². The van der Waals surface area contributed by atoms with Crippen LogP contribution in [0.5, 0.6) is 0 Å². The first kappa shape index (κ1) is 11.3. The number of imidazole rings is 1. The maximum atomic E-state index is 12.0. The van der Waals surface area contributed by atoms with Gasteiger partial charge in [-0.15, -0.1) is 0 Å². The summed E-state index contributed by atoms with van der Waals surface area (Å²) in [4.78, 5) is 15.0. The molecule has 90 valence electrons. The van der Waals surface area contributed by atoms with Gasteiger partial charge in [-0.2, -0.15) is 0 Å². The normalized spacial score (nSPS) is 17.7. The number of aromatic amines is 1. The number of halogens is 1. The zero-order valence-electron chi connectivity index (χ0n) is 9.37. The third-order valence-corrected chi connectivity index (χ3v) is 4.02. The van der Waals surface area contributed by atoms with Gasteiger partial charge in [-0.1, -0.05) is 0 Å². The Hall–Kier alpha value is -0.820. The average Bonchev–Trinajstić information content (AvgIpc) is 2.65. The maximum absolute atomic E-state index is 12.0. The number of aromatic nitrogens is 2. The second-order valence-corrected chi connectivity index (χ2v) is 5.69. The van der Waals surface area contributed by atoms with Crippen LogP contribution in [0.25, 0.3) is 11.0 Å². The first-order valence-corrected chi connectivity index (χ1v) is 6.94. The van der Waals surface area contributed by atoms with E-state index in [9.17, 15) is 4.79 Å². The second kappa shape index (κ2) is 4.45. The molecule has 5 heteroatoms. The second-order valence-electron chi connectivity index (χ2n) is 4.44. The first-order chi connectivity index (χ1) is 8.25. The fraction of sp³-hybridized carbons (Fsp3) is 0.417. The third kappa shape index (κ3) is 2.01. The molecule has 0 atom stereocenters. The lowest BCUT2D eigenvalue weighted by atomic mass is 10.1. The molecule has 0 amide bonds. The van der Waals surface area contributed by atoms with E-state index in [1.54, 1.807) is 0 Å². The molecule has 0 aliphatic carbocycles. The van der Waals surface area contributed by atoms with E-state index in [1.165, 1.54) is 0 Å². The number of hydrogen-bond donors (Lipinski definition) is 2. The molecule has 2 aromatic rings. The van der Waals surface area contributed by atoms with Gasteiger partial charge in [0.25, 0.3) is 0 Å². The first-order valence-electron chi connectivity index (χ1n) is 5.86. The van der Waals surface area contributed by atoms with Crippen LogP contribution in [0.4, 0.5) is 0 Å². The average molecular weight is 343 g/mol. The number of nitrogens with one attached hydrogen (secondary N) is 2. The zero-order valence-corrected chi connectivity index (χ0v) is 11.5. The van der Waals surface area contributed by atoms with Crippen molar-refractivity contribution in [3.8, 4) is 0 Å². The quantitative estimate of drug-likeness (QED) is 0.777. The molecule has 1 saturated heterocycles. The van der Waals surface area contributed by atoms with Crippen LogP contribution in [-0.4, -0.2) is 22.6 Å². The molecule has 1 aromatic carbocycles. The molecule has 4 nitrogen and oxygen atoms in total. The predicted molar refractivity (Wildman–Crippen MR) is 76.4 cm³/mol. The summed E-state index contributed by atoms with van der Waals surface area (Å²) >= 11 is 2.28. The Morgan fingerprint density at radius 1 is 1.29 bits per heavy atom. The molecule has 0 bridgehead atoms. The van der Waals surface area contributed by atoms with Gasteiger partial charge in [0.1, 0.15) is 0 Å². The van der Waals surface area contributed by atoms with Gasteiger partial charge in [0.15, 0.2) is 0 Å². The van der Waals surface area contributed by atoms with E-state index in [-0.39, 0.29) is 5.69 Å². The molecule has 0 spiro atoms. The van der Waals surface area contributed by atoms with Crippen LogP contribution < -0.4 is 11.0 Å². The van der Waals surface area contributed by atoms with Crippen molar-refractivity contribution >= 4 is 33.6 Å². The SMILES string of the molecule is O=c1[nH]c2ccc(I)cc2n1C1CCNCC1. The van der Waals surface area contributed by atoms with Crippen LogP contribution in [0, 0.1) is 3.57 Å². The summed E-state index contributed by atoms with van der Waals surface area (Å²) in [6.07, 6.45) is 2.05. The summed E-state index contributed by atoms with van der Waals surface area (Å²) in [7, 11) is 0. The van der Waals surface area contributed by atoms with E-state index in [0.717, 1.165) is 40.5 Å². The fourth-order valence-corrected chi connectivity index (χ4v) is 3.00. The summed E-state index contributed by atoms with van der Waals surface area (Å²) in [5.41, 5.74) is 2.00. The van der Waals surface area contributed by atoms with Gasteiger partial charge < -0.3 is 10.3 Å². The van der Waals surface area contributed by atoms with Gasteiger partial charge in [0.05, 0.1) is 11.0 Å². The van der Waals surface area contributed by atoms with Crippen molar-refractivity contribution in [1.29, 1.82) is 0 Å². The molecule has 1 aliphatic heterocycles. The van der Waals surface area contributed by atoms with Gasteiger partial charge in [0.2, 0.25) is 0 Å². The minimum atomic E-state index is 0.0221. The monoisotopic (exact) mass is 343 g/mol. The Balaban J connectivity index is 2.16. The largest absolute Gasteiger partial charge is 0.326 e. The molecule has 1 fully saturated rings. The molecule has 3 rings (SSSR count). The molecule has 2 heterocycles. The summed E-state index contributed by atoms with van der Waals surface area (Å²) in [5.74, 6) is 0. The highest BCUT2D eigenvalue weighted by atomic mass is 127. The molecule has 0 saturated carbocycles. The molecule has 2 N–H and O–H groups in total. The van der Waals surface area contributed by atoms with Gasteiger partial charge in [-0.25, -0.2) is 4.79 Å². The molecule has 1 aromatic heterocycles. The lowest BCUT2D eigenvalue weighted by Crippen LogP contribution is -2.33. The van der Waals surface area contributed by atoms with Crippen LogP contribution in [0.15, 0.2) is 23.0 Å². The van der Waals surface area contributed by atoms with Crippen LogP contribution in [0.2, 0.25) is 0 Å². The highest BCUT2D eigenvalue weighted by Crippen LogP contribution is 2.23. The van der Waals surface area contributed by atoms with E-state index in [4.69, 9.17) is 0 Å². The highest BCUT2D eigenvalue weighted by Gasteiger charge is 2.19. The number of piperidine rings is 1. The van der Waals surface area contributed by atoms with Crippen molar-refractivity contribution in [2.75, 3.05) is 13.1 Å². The molecular weight excluding hydrogens is 329 g/mol. The summed E-state index contributed by atoms with van der Waals surface area (Å²) in [5, 5.41) is 3.33. The Morgan fingerprint density at radius 2 is 2.06 bits per heavy atom. The Bertz CT molecular complexity index is 595. The zero-order chi connectivity index (χ0) is 11.8. The number of benzene rings is 1. The lowest BCUT2D eigenvalue weighted by Gasteiger charge is -2.23. The predicted octanol–water partition coefficient (Wildman–Crippen LogP) is 1.86. The standard InChI is InChI=1S/C12H14IN3O/c13-8-1-2-10-11(7-8)16(12(17)15-10)9-3-5-14-6-4-9/h1-2,7,9,14H,3-6H2,(H,15,17). The maximum Gasteiger partial charge on any atom is 0.326 e. The molecule has 17 heavy (non-hydrogen) atoms. The van der Waals surface area contributed by atoms with Gasteiger partial charge >= 0.3 is 5.69 Å². The summed E-state index contributed by atoms with van der Waals surface area (Å²) < 4.78 is 3.09. The smallest absolute Gasteiger partial charge is 0.317 e. The summed E-state index contributed by atoms with van der Waals surface area (Å²) in [6.45, 7) is 1.99. The fourth-order valence-electron chi connectivity index (χ4n) is 2.52. The van der Waals surface area contributed by atoms with Gasteiger partial charge in [-0.05, 0) is 66.7 Å². The van der Waals surface area contributed by atoms with Crippen molar-refractivity contribution in [3.05, 3.63) is 32.3 Å². The molecule has 1 aliphatic rings. The van der Waals surface area contributed by atoms with Crippen molar-refractivity contribution in [1.82, 2.24) is 14.9 Å². The molecule has 0 unspecified atom stereocenters. The lowest BCUT2D eigenvalue weighted by molar-refractivity contribution is 0.368. The highest BCUT2D eigenvalue weighted by molar-refractivity contribution is 14.1. The van der Waals surface area contributed by atoms with Crippen molar-refractivity contribution in [2.45, 2.75) is 18.9 Å². The van der Waals surface area contributed by atoms with Crippen LogP contribution in [0.1, 0.15) is 18.9 Å². The molecular formula is C12H14IN3O. The Kier molecular flexibility index (Phi) is 2.96. The number of hydrogen-bond acceptors (Lipinski definition) is 2. The summed E-state index contributed by atoms with van der Waals surface area (Å²) in [6, 6.07) is 6.41. The van der Waals surface area contributed by atoms with Crippen molar-refractivity contribution in [2.24, 2.45) is 0 Å². The van der Waals surface area contributed by atoms with Crippen molar-refractivity contribution < 1.29 is 0 Å². The Morgan fingerprint density at radius 3 is 2.82 bits per heavy atom. The van der Waals surface area contributed by atoms with Crippen LogP contribution >= 0.6 is 22.6 Å². The number of fused-ring (bicyclic) bond motifs is 1. The van der Waals surface area contributed by atoms with Crippen LogP contribution in [-0.2, 0) is 0 Å². The number of nitrogens with zero attached hydrogens (tertiary/aromatic N) is 1. The van der Waals surface area contributed by atoms with Gasteiger partial charge in [0, 0.05) is 9.61 Å². The third-order valence-electron chi connectivity index (χ3n) is 3.35. The van der Waals surface area contributed by atoms with E-state index >= 15 is 0 Å². The number of H-pyrrole nitrogens is 1. The van der Waals surface area contributed by atoms with Gasteiger partial charge in [-0.3, -0.25) is 4.57 Å². The Labute approximate surface area is 113 Å². The topological polar surface area (TPSA) is 49.8 Å². The molecule has 0 radical (unpaired) electrons.